The number of hydrogen-bond donors (Lipinski definition) is 1. The van der Waals surface area contributed by atoms with Crippen LogP contribution in [-0.4, -0.2) is 42.2 Å². The summed E-state index contributed by atoms with van der Waals surface area (Å²) in [5.74, 6) is 0. The van der Waals surface area contributed by atoms with Gasteiger partial charge in [0.2, 0.25) is 0 Å². The van der Waals surface area contributed by atoms with Gasteiger partial charge >= 0.3 is 0 Å². The number of nitrogens with zero attached hydrogens (tertiary/aromatic N) is 2. The quantitative estimate of drug-likeness (QED) is 0.932. The van der Waals surface area contributed by atoms with Gasteiger partial charge in [0.15, 0.2) is 0 Å². The van der Waals surface area contributed by atoms with Gasteiger partial charge in [0.25, 0.3) is 0 Å². The van der Waals surface area contributed by atoms with Crippen LogP contribution in [0.1, 0.15) is 23.6 Å². The predicted molar refractivity (Wildman–Crippen MR) is 90.1 cm³/mol. The second-order valence-corrected chi connectivity index (χ2v) is 6.26. The minimum absolute atomic E-state index is 1.05. The van der Waals surface area contributed by atoms with Crippen LogP contribution in [-0.2, 0) is 13.0 Å². The second-order valence-electron chi connectivity index (χ2n) is 6.26. The molecule has 0 radical (unpaired) electrons. The first-order chi connectivity index (χ1) is 10.2. The summed E-state index contributed by atoms with van der Waals surface area (Å²) in [7, 11) is 0. The topological polar surface area (TPSA) is 20.2 Å². The summed E-state index contributed by atoms with van der Waals surface area (Å²) >= 11 is 0. The van der Waals surface area contributed by atoms with E-state index >= 15 is 0 Å². The molecule has 0 spiro atoms. The number of aryl methyl sites for hydroxylation is 3. The number of rotatable bonds is 4. The van der Waals surface area contributed by atoms with Crippen molar-refractivity contribution in [2.75, 3.05) is 32.7 Å². The lowest BCUT2D eigenvalue weighted by molar-refractivity contribution is 0.244. The van der Waals surface area contributed by atoms with Crippen LogP contribution in [0.25, 0.3) is 10.9 Å². The summed E-state index contributed by atoms with van der Waals surface area (Å²) in [6.45, 7) is 13.5. The Bertz CT molecular complexity index is 621. The average Bonchev–Trinajstić information content (AvgIpc) is 2.84. The molecule has 3 nitrogen and oxygen atoms in total. The van der Waals surface area contributed by atoms with E-state index in [0.717, 1.165) is 26.1 Å². The smallest absolute Gasteiger partial charge is 0.0488 e. The largest absolute Gasteiger partial charge is 0.347 e. The Hall–Kier alpha value is -1.32. The van der Waals surface area contributed by atoms with Gasteiger partial charge in [0, 0.05) is 56.4 Å². The molecule has 1 aromatic carbocycles. The molecule has 0 amide bonds. The molecule has 2 heterocycles. The molecule has 0 atom stereocenters. The van der Waals surface area contributed by atoms with Crippen LogP contribution < -0.4 is 5.32 Å². The molecule has 1 aromatic heterocycles. The van der Waals surface area contributed by atoms with Gasteiger partial charge in [-0.15, -0.1) is 0 Å². The van der Waals surface area contributed by atoms with E-state index in [-0.39, 0.29) is 0 Å². The molecule has 1 aliphatic rings. The van der Waals surface area contributed by atoms with Gasteiger partial charge in [0.05, 0.1) is 0 Å². The van der Waals surface area contributed by atoms with Gasteiger partial charge in [-0.2, -0.15) is 0 Å². The van der Waals surface area contributed by atoms with Gasteiger partial charge in [-0.3, -0.25) is 0 Å². The van der Waals surface area contributed by atoms with E-state index < -0.39 is 0 Å². The number of benzene rings is 1. The zero-order valence-corrected chi connectivity index (χ0v) is 13.6. The number of nitrogens with one attached hydrogen (secondary N) is 1. The first kappa shape index (κ1) is 14.6. The Balaban J connectivity index is 1.87. The Kier molecular flexibility index (Phi) is 4.32. The first-order valence-electron chi connectivity index (χ1n) is 8.21. The van der Waals surface area contributed by atoms with E-state index in [0.29, 0.717) is 0 Å². The van der Waals surface area contributed by atoms with Crippen LogP contribution >= 0.6 is 0 Å². The molecule has 1 saturated heterocycles. The number of piperazine rings is 1. The minimum atomic E-state index is 1.05. The molecule has 2 aromatic rings. The fourth-order valence-corrected chi connectivity index (χ4v) is 3.58. The average molecular weight is 285 g/mol. The summed E-state index contributed by atoms with van der Waals surface area (Å²) in [4.78, 5) is 2.58. The van der Waals surface area contributed by atoms with Crippen LogP contribution in [0, 0.1) is 13.8 Å². The van der Waals surface area contributed by atoms with Crippen molar-refractivity contribution in [3.8, 4) is 0 Å². The fourth-order valence-electron chi connectivity index (χ4n) is 3.58. The minimum Gasteiger partial charge on any atom is -0.347 e. The Morgan fingerprint density at radius 1 is 1.14 bits per heavy atom. The van der Waals surface area contributed by atoms with Crippen LogP contribution in [0.4, 0.5) is 0 Å². The molecular weight excluding hydrogens is 258 g/mol. The van der Waals surface area contributed by atoms with E-state index in [1.165, 1.54) is 47.2 Å². The van der Waals surface area contributed by atoms with Gasteiger partial charge < -0.3 is 14.8 Å². The Morgan fingerprint density at radius 3 is 2.62 bits per heavy atom. The number of hydrogen-bond acceptors (Lipinski definition) is 2. The van der Waals surface area contributed by atoms with Crippen molar-refractivity contribution in [2.45, 2.75) is 33.7 Å². The van der Waals surface area contributed by atoms with Crippen molar-refractivity contribution < 1.29 is 0 Å². The number of aromatic nitrogens is 1. The van der Waals surface area contributed by atoms with Gasteiger partial charge in [0.1, 0.15) is 0 Å². The normalized spacial score (nSPS) is 16.7. The van der Waals surface area contributed by atoms with E-state index in [2.05, 4.69) is 53.9 Å². The first-order valence-corrected chi connectivity index (χ1v) is 8.21. The van der Waals surface area contributed by atoms with Crippen LogP contribution in [0.5, 0.6) is 0 Å². The summed E-state index contributed by atoms with van der Waals surface area (Å²) < 4.78 is 2.41. The van der Waals surface area contributed by atoms with Gasteiger partial charge in [-0.05, 0) is 49.9 Å². The monoisotopic (exact) mass is 285 g/mol. The molecule has 0 aliphatic carbocycles. The molecule has 114 valence electrons. The van der Waals surface area contributed by atoms with Crippen LogP contribution in [0.15, 0.2) is 18.3 Å². The lowest BCUT2D eigenvalue weighted by atomic mass is 10.0. The molecule has 0 saturated carbocycles. The Morgan fingerprint density at radius 2 is 1.90 bits per heavy atom. The third-order valence-corrected chi connectivity index (χ3v) is 4.65. The maximum Gasteiger partial charge on any atom is 0.0488 e. The Labute approximate surface area is 127 Å². The van der Waals surface area contributed by atoms with E-state index in [1.807, 2.05) is 0 Å². The lowest BCUT2D eigenvalue weighted by Crippen LogP contribution is -2.44. The molecule has 21 heavy (non-hydrogen) atoms. The summed E-state index contributed by atoms with van der Waals surface area (Å²) in [6.07, 6.45) is 3.53. The summed E-state index contributed by atoms with van der Waals surface area (Å²) in [6, 6.07) is 4.65. The zero-order valence-electron chi connectivity index (χ0n) is 13.6. The molecule has 3 heteroatoms. The van der Waals surface area contributed by atoms with Crippen molar-refractivity contribution in [3.05, 3.63) is 35.0 Å². The highest BCUT2D eigenvalue weighted by Crippen LogP contribution is 2.27. The number of fused-ring (bicyclic) bond motifs is 1. The van der Waals surface area contributed by atoms with Crippen LogP contribution in [0.2, 0.25) is 0 Å². The lowest BCUT2D eigenvalue weighted by Gasteiger charge is -2.27. The predicted octanol–water partition coefficient (Wildman–Crippen LogP) is 2.73. The molecule has 0 unspecified atom stereocenters. The van der Waals surface area contributed by atoms with Crippen molar-refractivity contribution in [1.82, 2.24) is 14.8 Å². The molecule has 1 fully saturated rings. The van der Waals surface area contributed by atoms with Gasteiger partial charge in [-0.25, -0.2) is 0 Å². The summed E-state index contributed by atoms with van der Waals surface area (Å²) in [5.41, 5.74) is 5.71. The maximum atomic E-state index is 3.43. The molecular formula is C18H27N3. The van der Waals surface area contributed by atoms with E-state index in [4.69, 9.17) is 0 Å². The van der Waals surface area contributed by atoms with E-state index in [9.17, 15) is 0 Å². The van der Waals surface area contributed by atoms with Crippen molar-refractivity contribution >= 4 is 10.9 Å². The maximum absolute atomic E-state index is 3.43. The zero-order chi connectivity index (χ0) is 14.8. The molecule has 1 N–H and O–H groups in total. The SMILES string of the molecule is CCn1cc(CCN2CCNCC2)c2c(C)cc(C)cc21. The highest BCUT2D eigenvalue weighted by Gasteiger charge is 2.14. The fraction of sp³-hybridized carbons (Fsp3) is 0.556. The van der Waals surface area contributed by atoms with Crippen molar-refractivity contribution in [3.63, 3.8) is 0 Å². The molecule has 3 rings (SSSR count). The highest BCUT2D eigenvalue weighted by molar-refractivity contribution is 5.88. The second kappa shape index (κ2) is 6.20. The van der Waals surface area contributed by atoms with Crippen LogP contribution in [0.3, 0.4) is 0 Å². The molecule has 1 aliphatic heterocycles. The summed E-state index contributed by atoms with van der Waals surface area (Å²) in [5, 5.41) is 4.91. The highest BCUT2D eigenvalue weighted by atomic mass is 15.2. The molecule has 0 bridgehead atoms. The third-order valence-electron chi connectivity index (χ3n) is 4.65. The van der Waals surface area contributed by atoms with Crippen molar-refractivity contribution in [2.24, 2.45) is 0 Å². The van der Waals surface area contributed by atoms with Crippen molar-refractivity contribution in [1.29, 1.82) is 0 Å². The van der Waals surface area contributed by atoms with E-state index in [1.54, 1.807) is 0 Å². The standard InChI is InChI=1S/C18H27N3/c1-4-21-13-16(5-8-20-9-6-19-7-10-20)18-15(3)11-14(2)12-17(18)21/h11-13,19H,4-10H2,1-3H3. The third kappa shape index (κ3) is 2.99. The van der Waals surface area contributed by atoms with Gasteiger partial charge in [-0.1, -0.05) is 6.07 Å².